The van der Waals surface area contributed by atoms with E-state index in [2.05, 4.69) is 15.6 Å². The third-order valence-electron chi connectivity index (χ3n) is 3.32. The predicted octanol–water partition coefficient (Wildman–Crippen LogP) is 3.00. The van der Waals surface area contributed by atoms with Crippen LogP contribution in [0.3, 0.4) is 0 Å². The molecule has 3 rings (SSSR count). The largest absolute Gasteiger partial charge is 0.478 e. The Morgan fingerprint density at radius 2 is 2.04 bits per heavy atom. The lowest BCUT2D eigenvalue weighted by molar-refractivity contribution is -0.105. The molecule has 0 aliphatic carbocycles. The van der Waals surface area contributed by atoms with E-state index in [4.69, 9.17) is 16.0 Å². The van der Waals surface area contributed by atoms with Crippen molar-refractivity contribution in [2.75, 3.05) is 10.6 Å². The summed E-state index contributed by atoms with van der Waals surface area (Å²) in [5, 5.41) is 14.6. The molecule has 0 aliphatic rings. The molecule has 0 fully saturated rings. The number of carbonyl (C=O) groups excluding carboxylic acids is 2. The Morgan fingerprint density at radius 3 is 2.68 bits per heavy atom. The maximum Gasteiger partial charge on any atom is 0.336 e. The van der Waals surface area contributed by atoms with Crippen LogP contribution < -0.4 is 10.6 Å². The number of nitrogens with zero attached hydrogens (tertiary/aromatic N) is 1. The molecule has 0 saturated carbocycles. The monoisotopic (exact) mass is 359 g/mol. The SMILES string of the molecule is O=CNc1c(C(=O)Nc2ccc(Cl)cn2)oc2cccc(C(=O)O)c12. The van der Waals surface area contributed by atoms with E-state index in [0.29, 0.717) is 11.4 Å². The van der Waals surface area contributed by atoms with Crippen LogP contribution in [-0.2, 0) is 4.79 Å². The number of carboxylic acid groups (broad SMARTS) is 1. The quantitative estimate of drug-likeness (QED) is 0.602. The normalized spacial score (nSPS) is 10.4. The van der Waals surface area contributed by atoms with Crippen LogP contribution in [0.15, 0.2) is 40.9 Å². The first-order chi connectivity index (χ1) is 12.0. The zero-order valence-electron chi connectivity index (χ0n) is 12.4. The number of fused-ring (bicyclic) bond motifs is 1. The van der Waals surface area contributed by atoms with Crippen molar-refractivity contribution >= 4 is 52.4 Å². The van der Waals surface area contributed by atoms with Gasteiger partial charge in [-0.2, -0.15) is 0 Å². The minimum atomic E-state index is -1.22. The highest BCUT2D eigenvalue weighted by Crippen LogP contribution is 2.34. The van der Waals surface area contributed by atoms with E-state index < -0.39 is 11.9 Å². The summed E-state index contributed by atoms with van der Waals surface area (Å²) in [5.74, 6) is -1.95. The molecule has 2 amide bonds. The van der Waals surface area contributed by atoms with Crippen molar-refractivity contribution in [3.8, 4) is 0 Å². The Labute approximate surface area is 145 Å². The summed E-state index contributed by atoms with van der Waals surface area (Å²) in [5.41, 5.74) is 0.0159. The van der Waals surface area contributed by atoms with Crippen molar-refractivity contribution in [1.82, 2.24) is 4.98 Å². The molecule has 126 valence electrons. The molecule has 0 unspecified atom stereocenters. The Balaban J connectivity index is 2.08. The molecule has 1 aromatic carbocycles. The van der Waals surface area contributed by atoms with E-state index in [1.807, 2.05) is 0 Å². The van der Waals surface area contributed by atoms with Gasteiger partial charge >= 0.3 is 5.97 Å². The molecular formula is C16H10ClN3O5. The summed E-state index contributed by atoms with van der Waals surface area (Å²) >= 11 is 5.73. The third kappa shape index (κ3) is 3.15. The number of pyridine rings is 1. The topological polar surface area (TPSA) is 122 Å². The maximum absolute atomic E-state index is 12.5. The average Bonchev–Trinajstić information content (AvgIpc) is 2.96. The molecule has 0 saturated heterocycles. The van der Waals surface area contributed by atoms with Gasteiger partial charge in [0.25, 0.3) is 5.91 Å². The van der Waals surface area contributed by atoms with Gasteiger partial charge in [-0.1, -0.05) is 17.7 Å². The summed E-state index contributed by atoms with van der Waals surface area (Å²) in [4.78, 5) is 38.7. The number of aromatic carboxylic acids is 1. The van der Waals surface area contributed by atoms with Gasteiger partial charge in [0.2, 0.25) is 12.2 Å². The number of hydrogen-bond acceptors (Lipinski definition) is 5. The van der Waals surface area contributed by atoms with E-state index in [1.165, 1.54) is 36.5 Å². The van der Waals surface area contributed by atoms with Crippen molar-refractivity contribution in [3.05, 3.63) is 52.9 Å². The molecular weight excluding hydrogens is 350 g/mol. The van der Waals surface area contributed by atoms with Crippen molar-refractivity contribution in [2.45, 2.75) is 0 Å². The molecule has 25 heavy (non-hydrogen) atoms. The lowest BCUT2D eigenvalue weighted by Crippen LogP contribution is -2.14. The van der Waals surface area contributed by atoms with Crippen molar-refractivity contribution in [3.63, 3.8) is 0 Å². The van der Waals surface area contributed by atoms with E-state index in [9.17, 15) is 19.5 Å². The van der Waals surface area contributed by atoms with Crippen LogP contribution in [0.1, 0.15) is 20.9 Å². The van der Waals surface area contributed by atoms with Gasteiger partial charge in [0, 0.05) is 6.20 Å². The molecule has 0 bridgehead atoms. The molecule has 2 aromatic heterocycles. The first kappa shape index (κ1) is 16.5. The van der Waals surface area contributed by atoms with Crippen LogP contribution in [0.2, 0.25) is 5.02 Å². The molecule has 3 aromatic rings. The number of carboxylic acids is 1. The molecule has 2 heterocycles. The number of anilines is 2. The number of amides is 2. The molecule has 8 nitrogen and oxygen atoms in total. The highest BCUT2D eigenvalue weighted by Gasteiger charge is 2.24. The summed E-state index contributed by atoms with van der Waals surface area (Å²) in [6, 6.07) is 7.34. The first-order valence-corrected chi connectivity index (χ1v) is 7.31. The van der Waals surface area contributed by atoms with Crippen molar-refractivity contribution in [2.24, 2.45) is 0 Å². The van der Waals surface area contributed by atoms with Gasteiger partial charge < -0.3 is 20.2 Å². The summed E-state index contributed by atoms with van der Waals surface area (Å²) in [6.45, 7) is 0. The lowest BCUT2D eigenvalue weighted by atomic mass is 10.1. The van der Waals surface area contributed by atoms with Gasteiger partial charge in [-0.25, -0.2) is 9.78 Å². The van der Waals surface area contributed by atoms with Crippen LogP contribution >= 0.6 is 11.6 Å². The number of furan rings is 1. The molecule has 3 N–H and O–H groups in total. The first-order valence-electron chi connectivity index (χ1n) is 6.93. The second-order valence-corrected chi connectivity index (χ2v) is 5.30. The van der Waals surface area contributed by atoms with Crippen LogP contribution in [0.25, 0.3) is 11.0 Å². The number of nitrogens with one attached hydrogen (secondary N) is 2. The van der Waals surface area contributed by atoms with Crippen LogP contribution in [0, 0.1) is 0 Å². The zero-order valence-corrected chi connectivity index (χ0v) is 13.2. The van der Waals surface area contributed by atoms with Crippen LogP contribution in [0.4, 0.5) is 11.5 Å². The third-order valence-corrected chi connectivity index (χ3v) is 3.55. The van der Waals surface area contributed by atoms with E-state index in [-0.39, 0.29) is 33.8 Å². The number of halogens is 1. The summed E-state index contributed by atoms with van der Waals surface area (Å²) in [7, 11) is 0. The predicted molar refractivity (Wildman–Crippen MR) is 90.1 cm³/mol. The van der Waals surface area contributed by atoms with Gasteiger partial charge in [0.15, 0.2) is 0 Å². The minimum Gasteiger partial charge on any atom is -0.478 e. The fraction of sp³-hybridized carbons (Fsp3) is 0. The second kappa shape index (κ2) is 6.62. The summed E-state index contributed by atoms with van der Waals surface area (Å²) in [6.07, 6.45) is 1.68. The lowest BCUT2D eigenvalue weighted by Gasteiger charge is -2.04. The second-order valence-electron chi connectivity index (χ2n) is 4.87. The maximum atomic E-state index is 12.5. The number of hydrogen-bond donors (Lipinski definition) is 3. The fourth-order valence-corrected chi connectivity index (χ4v) is 2.42. The molecule has 0 atom stereocenters. The van der Waals surface area contributed by atoms with Crippen LogP contribution in [0.5, 0.6) is 0 Å². The van der Waals surface area contributed by atoms with Crippen molar-refractivity contribution in [1.29, 1.82) is 0 Å². The molecule has 0 aliphatic heterocycles. The Morgan fingerprint density at radius 1 is 1.24 bits per heavy atom. The van der Waals surface area contributed by atoms with Gasteiger partial charge in [-0.15, -0.1) is 0 Å². The Kier molecular flexibility index (Phi) is 4.36. The number of rotatable bonds is 5. The fourth-order valence-electron chi connectivity index (χ4n) is 2.31. The van der Waals surface area contributed by atoms with Crippen LogP contribution in [-0.4, -0.2) is 28.4 Å². The number of benzene rings is 1. The highest BCUT2D eigenvalue weighted by molar-refractivity contribution is 6.30. The number of carbonyl (C=O) groups is 3. The van der Waals surface area contributed by atoms with E-state index in [0.717, 1.165) is 0 Å². The smallest absolute Gasteiger partial charge is 0.336 e. The zero-order chi connectivity index (χ0) is 18.0. The Hall–Kier alpha value is -3.39. The standard InChI is InChI=1S/C16H10ClN3O5/c17-8-4-5-11(18-6-8)20-15(22)14-13(19-7-21)12-9(16(23)24)2-1-3-10(12)25-14/h1-7H,(H,19,21)(H,23,24)(H,18,20,22). The average molecular weight is 360 g/mol. The number of aromatic nitrogens is 1. The summed E-state index contributed by atoms with van der Waals surface area (Å²) < 4.78 is 5.45. The molecule has 9 heteroatoms. The molecule has 0 radical (unpaired) electrons. The van der Waals surface area contributed by atoms with Gasteiger partial charge in [0.1, 0.15) is 17.1 Å². The van der Waals surface area contributed by atoms with Gasteiger partial charge in [-0.3, -0.25) is 9.59 Å². The minimum absolute atomic E-state index is 0.0329. The Bertz CT molecular complexity index is 981. The highest BCUT2D eigenvalue weighted by atomic mass is 35.5. The van der Waals surface area contributed by atoms with Crippen molar-refractivity contribution < 1.29 is 23.9 Å². The van der Waals surface area contributed by atoms with E-state index >= 15 is 0 Å². The molecule has 0 spiro atoms. The van der Waals surface area contributed by atoms with Gasteiger partial charge in [-0.05, 0) is 24.3 Å². The van der Waals surface area contributed by atoms with Gasteiger partial charge in [0.05, 0.1) is 16.0 Å². The van der Waals surface area contributed by atoms with E-state index in [1.54, 1.807) is 0 Å².